The van der Waals surface area contributed by atoms with Crippen molar-refractivity contribution in [2.24, 2.45) is 5.73 Å². The molecular weight excluding hydrogens is 287 g/mol. The first-order valence-electron chi connectivity index (χ1n) is 5.38. The minimum Gasteiger partial charge on any atom is -0.477 e. The fourth-order valence-corrected chi connectivity index (χ4v) is 1.64. The Labute approximate surface area is 115 Å². The van der Waals surface area contributed by atoms with Gasteiger partial charge in [0.15, 0.2) is 5.82 Å². The number of rotatable bonds is 4. The quantitative estimate of drug-likeness (QED) is 0.628. The van der Waals surface area contributed by atoms with Crippen LogP contribution in [0, 0.1) is 15.9 Å². The summed E-state index contributed by atoms with van der Waals surface area (Å²) in [7, 11) is 0. The van der Waals surface area contributed by atoms with Crippen molar-refractivity contribution in [3.8, 4) is 5.69 Å². The molecule has 0 saturated heterocycles. The largest absolute Gasteiger partial charge is 0.477 e. The number of carboxylic acids is 1. The second-order valence-electron chi connectivity index (χ2n) is 3.89. The maximum Gasteiger partial charge on any atom is 0.342 e. The molecule has 3 N–H and O–H groups in total. The summed E-state index contributed by atoms with van der Waals surface area (Å²) in [5, 5.41) is 23.3. The second-order valence-corrected chi connectivity index (χ2v) is 3.89. The Morgan fingerprint density at radius 2 is 2.10 bits per heavy atom. The van der Waals surface area contributed by atoms with E-state index in [1.165, 1.54) is 12.3 Å². The molecule has 0 aliphatic carbocycles. The van der Waals surface area contributed by atoms with Gasteiger partial charge in [-0.05, 0) is 12.1 Å². The van der Waals surface area contributed by atoms with Gasteiger partial charge in [-0.2, -0.15) is 5.10 Å². The molecule has 2 rings (SSSR count). The lowest BCUT2D eigenvalue weighted by molar-refractivity contribution is -0.385. The third kappa shape index (κ3) is 2.54. The number of carbonyl (C=O) groups excluding carboxylic acids is 1. The monoisotopic (exact) mass is 294 g/mol. The number of hydrogen-bond donors (Lipinski definition) is 2. The van der Waals surface area contributed by atoms with E-state index in [9.17, 15) is 24.1 Å². The predicted molar refractivity (Wildman–Crippen MR) is 65.7 cm³/mol. The fourth-order valence-electron chi connectivity index (χ4n) is 1.64. The maximum absolute atomic E-state index is 13.9. The number of aromatic nitrogens is 2. The van der Waals surface area contributed by atoms with Gasteiger partial charge in [0.2, 0.25) is 0 Å². The summed E-state index contributed by atoms with van der Waals surface area (Å²) < 4.78 is 14.7. The van der Waals surface area contributed by atoms with Gasteiger partial charge >= 0.3 is 5.97 Å². The fraction of sp³-hybridized carbons (Fsp3) is 0. The zero-order chi connectivity index (χ0) is 15.7. The molecule has 1 aromatic heterocycles. The summed E-state index contributed by atoms with van der Waals surface area (Å²) in [6.45, 7) is 0. The van der Waals surface area contributed by atoms with Crippen LogP contribution in [0.4, 0.5) is 10.1 Å². The van der Waals surface area contributed by atoms with E-state index in [2.05, 4.69) is 5.10 Å². The molecule has 0 unspecified atom stereocenters. The van der Waals surface area contributed by atoms with Crippen LogP contribution in [0.2, 0.25) is 0 Å². The summed E-state index contributed by atoms with van der Waals surface area (Å²) in [5.41, 5.74) is 2.89. The number of nitrogens with zero attached hydrogens (tertiary/aromatic N) is 3. The van der Waals surface area contributed by atoms with Gasteiger partial charge in [-0.1, -0.05) is 0 Å². The number of benzene rings is 1. The average Bonchev–Trinajstić information content (AvgIpc) is 2.87. The van der Waals surface area contributed by atoms with E-state index in [0.29, 0.717) is 6.07 Å². The number of primary amides is 1. The molecule has 0 radical (unpaired) electrons. The summed E-state index contributed by atoms with van der Waals surface area (Å²) >= 11 is 0. The predicted octanol–water partition coefficient (Wildman–Crippen LogP) is 0.717. The van der Waals surface area contributed by atoms with E-state index >= 15 is 0 Å². The standard InChI is InChI=1S/C11H7FN4O5/c12-6-4-8(16(20)21)5(11(18)19)3-9(6)15-2-1-7(14-15)10(13)17/h1-4H,(H2,13,17)(H,18,19). The first-order valence-corrected chi connectivity index (χ1v) is 5.38. The van der Waals surface area contributed by atoms with Crippen molar-refractivity contribution in [3.63, 3.8) is 0 Å². The summed E-state index contributed by atoms with van der Waals surface area (Å²) in [6, 6.07) is 2.43. The van der Waals surface area contributed by atoms with Crippen LogP contribution in [0.15, 0.2) is 24.4 Å². The molecule has 0 bridgehead atoms. The smallest absolute Gasteiger partial charge is 0.342 e. The molecule has 0 aliphatic rings. The number of amides is 1. The first kappa shape index (κ1) is 14.1. The number of aromatic carboxylic acids is 1. The Kier molecular flexibility index (Phi) is 3.36. The molecule has 21 heavy (non-hydrogen) atoms. The number of nitrogens with two attached hydrogens (primary N) is 1. The van der Waals surface area contributed by atoms with Gasteiger partial charge in [0.05, 0.1) is 11.0 Å². The van der Waals surface area contributed by atoms with Crippen molar-refractivity contribution in [1.82, 2.24) is 9.78 Å². The SMILES string of the molecule is NC(=O)c1ccn(-c2cc(C(=O)O)c([N+](=O)[O-])cc2F)n1. The summed E-state index contributed by atoms with van der Waals surface area (Å²) in [4.78, 5) is 31.6. The molecule has 0 saturated carbocycles. The minimum atomic E-state index is -1.59. The maximum atomic E-state index is 13.9. The molecule has 108 valence electrons. The van der Waals surface area contributed by atoms with Crippen molar-refractivity contribution in [2.75, 3.05) is 0 Å². The third-order valence-corrected chi connectivity index (χ3v) is 2.58. The van der Waals surface area contributed by atoms with Crippen LogP contribution >= 0.6 is 0 Å². The lowest BCUT2D eigenvalue weighted by Crippen LogP contribution is -2.13. The van der Waals surface area contributed by atoms with Gasteiger partial charge in [0.25, 0.3) is 11.6 Å². The summed E-state index contributed by atoms with van der Waals surface area (Å²) in [6.07, 6.45) is 1.18. The Hall–Kier alpha value is -3.30. The van der Waals surface area contributed by atoms with E-state index in [1.807, 2.05) is 0 Å². The number of nitro benzene ring substituents is 1. The Morgan fingerprint density at radius 1 is 1.43 bits per heavy atom. The number of carboxylic acid groups (broad SMARTS) is 1. The highest BCUT2D eigenvalue weighted by Crippen LogP contribution is 2.25. The molecule has 1 heterocycles. The molecule has 0 fully saturated rings. The molecule has 2 aromatic rings. The van der Waals surface area contributed by atoms with Crippen molar-refractivity contribution in [2.45, 2.75) is 0 Å². The molecule has 1 aromatic carbocycles. The van der Waals surface area contributed by atoms with Gasteiger partial charge in [-0.15, -0.1) is 0 Å². The lowest BCUT2D eigenvalue weighted by atomic mass is 10.1. The first-order chi connectivity index (χ1) is 9.81. The second kappa shape index (κ2) is 5.00. The number of halogens is 1. The van der Waals surface area contributed by atoms with Crippen LogP contribution in [0.5, 0.6) is 0 Å². The van der Waals surface area contributed by atoms with E-state index in [0.717, 1.165) is 10.7 Å². The molecular formula is C11H7FN4O5. The van der Waals surface area contributed by atoms with Crippen LogP contribution in [0.1, 0.15) is 20.8 Å². The van der Waals surface area contributed by atoms with Crippen molar-refractivity contribution in [1.29, 1.82) is 0 Å². The number of carbonyl (C=O) groups is 2. The van der Waals surface area contributed by atoms with Crippen LogP contribution < -0.4 is 5.73 Å². The number of nitro groups is 1. The van der Waals surface area contributed by atoms with E-state index in [-0.39, 0.29) is 11.4 Å². The minimum absolute atomic E-state index is 0.162. The average molecular weight is 294 g/mol. The van der Waals surface area contributed by atoms with Gasteiger partial charge in [0, 0.05) is 6.20 Å². The van der Waals surface area contributed by atoms with Crippen LogP contribution in [0.25, 0.3) is 5.69 Å². The molecule has 0 spiro atoms. The van der Waals surface area contributed by atoms with E-state index in [1.54, 1.807) is 0 Å². The Morgan fingerprint density at radius 3 is 2.57 bits per heavy atom. The van der Waals surface area contributed by atoms with Crippen LogP contribution in [0.3, 0.4) is 0 Å². The molecule has 0 aliphatic heterocycles. The third-order valence-electron chi connectivity index (χ3n) is 2.58. The molecule has 9 nitrogen and oxygen atoms in total. The van der Waals surface area contributed by atoms with Gasteiger partial charge in [-0.25, -0.2) is 13.9 Å². The lowest BCUT2D eigenvalue weighted by Gasteiger charge is -2.05. The number of hydrogen-bond acceptors (Lipinski definition) is 5. The topological polar surface area (TPSA) is 141 Å². The normalized spacial score (nSPS) is 10.3. The van der Waals surface area contributed by atoms with Gasteiger partial charge in [-0.3, -0.25) is 14.9 Å². The van der Waals surface area contributed by atoms with Crippen molar-refractivity contribution >= 4 is 17.6 Å². The Bertz CT molecular complexity index is 770. The highest BCUT2D eigenvalue weighted by molar-refractivity contribution is 5.93. The van der Waals surface area contributed by atoms with Gasteiger partial charge < -0.3 is 10.8 Å². The zero-order valence-corrected chi connectivity index (χ0v) is 10.2. The molecule has 1 amide bonds. The molecule has 10 heteroatoms. The van der Waals surface area contributed by atoms with Crippen LogP contribution in [-0.4, -0.2) is 31.7 Å². The zero-order valence-electron chi connectivity index (χ0n) is 10.2. The van der Waals surface area contributed by atoms with Crippen molar-refractivity contribution in [3.05, 3.63) is 51.6 Å². The van der Waals surface area contributed by atoms with Crippen LogP contribution in [-0.2, 0) is 0 Å². The highest BCUT2D eigenvalue weighted by Gasteiger charge is 2.24. The van der Waals surface area contributed by atoms with Gasteiger partial charge in [0.1, 0.15) is 16.9 Å². The van der Waals surface area contributed by atoms with E-state index < -0.39 is 33.9 Å². The highest BCUT2D eigenvalue weighted by atomic mass is 19.1. The van der Waals surface area contributed by atoms with Crippen molar-refractivity contribution < 1.29 is 24.0 Å². The summed E-state index contributed by atoms with van der Waals surface area (Å²) in [5.74, 6) is -3.51. The Balaban J connectivity index is 2.63. The van der Waals surface area contributed by atoms with E-state index in [4.69, 9.17) is 10.8 Å². The molecule has 0 atom stereocenters.